The van der Waals surface area contributed by atoms with Gasteiger partial charge in [-0.25, -0.2) is 4.68 Å². The van der Waals surface area contributed by atoms with Crippen molar-refractivity contribution < 1.29 is 14.3 Å². The molecule has 6 heteroatoms. The van der Waals surface area contributed by atoms with Crippen LogP contribution in [0.15, 0.2) is 6.20 Å². The van der Waals surface area contributed by atoms with Gasteiger partial charge < -0.3 is 4.74 Å². The second kappa shape index (κ2) is 8.21. The van der Waals surface area contributed by atoms with E-state index in [-0.39, 0.29) is 29.5 Å². The van der Waals surface area contributed by atoms with E-state index in [1.807, 2.05) is 6.92 Å². The topological polar surface area (TPSA) is 61.2 Å². The SMILES string of the molecule is CCC(=O)Oc1c(C(=O)C2CC(C)C3SCCC(C)(C)C3C2C)cnn1CC. The predicted molar refractivity (Wildman–Crippen MR) is 113 cm³/mol. The first-order chi connectivity index (χ1) is 13.2. The lowest BCUT2D eigenvalue weighted by atomic mass is 9.57. The zero-order valence-corrected chi connectivity index (χ0v) is 18.8. The maximum absolute atomic E-state index is 13.6. The number of ether oxygens (including phenoxy) is 1. The fraction of sp³-hybridized carbons (Fsp3) is 0.773. The highest BCUT2D eigenvalue weighted by Gasteiger charge is 2.51. The van der Waals surface area contributed by atoms with Crippen molar-refractivity contribution in [3.05, 3.63) is 11.8 Å². The molecule has 1 aromatic heterocycles. The first-order valence-electron chi connectivity index (χ1n) is 10.6. The zero-order chi connectivity index (χ0) is 20.6. The normalized spacial score (nSPS) is 31.9. The molecular weight excluding hydrogens is 372 g/mol. The number of carbonyl (C=O) groups is 2. The van der Waals surface area contributed by atoms with Gasteiger partial charge in [-0.05, 0) is 48.7 Å². The van der Waals surface area contributed by atoms with E-state index < -0.39 is 0 Å². The van der Waals surface area contributed by atoms with Crippen LogP contribution in [0.1, 0.15) is 71.2 Å². The van der Waals surface area contributed by atoms with Gasteiger partial charge >= 0.3 is 5.97 Å². The monoisotopic (exact) mass is 406 g/mol. The van der Waals surface area contributed by atoms with Gasteiger partial charge in [0.1, 0.15) is 5.56 Å². The number of esters is 1. The first-order valence-corrected chi connectivity index (χ1v) is 11.7. The Morgan fingerprint density at radius 3 is 2.68 bits per heavy atom. The predicted octanol–water partition coefficient (Wildman–Crippen LogP) is 4.84. The van der Waals surface area contributed by atoms with Gasteiger partial charge in [-0.1, -0.05) is 34.6 Å². The van der Waals surface area contributed by atoms with Crippen LogP contribution in [0, 0.1) is 29.1 Å². The number of aryl methyl sites for hydroxylation is 1. The summed E-state index contributed by atoms with van der Waals surface area (Å²) in [6.45, 7) is 13.5. The van der Waals surface area contributed by atoms with Crippen molar-refractivity contribution in [2.45, 2.75) is 72.6 Å². The first kappa shape index (κ1) is 21.4. The Bertz CT molecular complexity index is 742. The Kier molecular flexibility index (Phi) is 6.28. The summed E-state index contributed by atoms with van der Waals surface area (Å²) >= 11 is 2.10. The third kappa shape index (κ3) is 3.77. The number of Topliss-reactive ketones (excluding diaryl/α,β-unsaturated/α-hetero) is 1. The van der Waals surface area contributed by atoms with Crippen molar-refractivity contribution in [3.63, 3.8) is 0 Å². The van der Waals surface area contributed by atoms with Crippen LogP contribution >= 0.6 is 11.8 Å². The largest absolute Gasteiger partial charge is 0.407 e. The van der Waals surface area contributed by atoms with E-state index in [0.29, 0.717) is 41.0 Å². The Morgan fingerprint density at radius 2 is 2.04 bits per heavy atom. The van der Waals surface area contributed by atoms with Gasteiger partial charge in [-0.2, -0.15) is 16.9 Å². The number of nitrogens with zero attached hydrogens (tertiary/aromatic N) is 2. The van der Waals surface area contributed by atoms with E-state index in [1.165, 1.54) is 12.2 Å². The molecule has 156 valence electrons. The molecule has 5 atom stereocenters. The number of carbonyl (C=O) groups excluding carboxylic acids is 2. The molecule has 0 bridgehead atoms. The number of aromatic nitrogens is 2. The molecule has 28 heavy (non-hydrogen) atoms. The smallest absolute Gasteiger partial charge is 0.312 e. The van der Waals surface area contributed by atoms with Gasteiger partial charge in [0.05, 0.1) is 6.20 Å². The molecular formula is C22H34N2O3S. The molecule has 1 aliphatic heterocycles. The molecule has 5 unspecified atom stereocenters. The van der Waals surface area contributed by atoms with Crippen LogP contribution in [0.2, 0.25) is 0 Å². The second-order valence-corrected chi connectivity index (χ2v) is 10.4. The summed E-state index contributed by atoms with van der Waals surface area (Å²) in [5, 5.41) is 4.93. The molecule has 2 aliphatic rings. The van der Waals surface area contributed by atoms with Crippen LogP contribution in [0.3, 0.4) is 0 Å². The maximum atomic E-state index is 13.6. The average Bonchev–Trinajstić information content (AvgIpc) is 3.05. The summed E-state index contributed by atoms with van der Waals surface area (Å²) in [4.78, 5) is 25.5. The second-order valence-electron chi connectivity index (χ2n) is 9.15. The summed E-state index contributed by atoms with van der Waals surface area (Å²) in [7, 11) is 0. The number of ketones is 1. The standard InChI is InChI=1S/C22H34N2O3S/c1-7-17(25)27-21-16(12-23-24(21)8-2)19(26)15-11-13(3)20-18(14(15)4)22(5,6)9-10-28-20/h12-15,18,20H,7-11H2,1-6H3. The molecule has 2 fully saturated rings. The Hall–Kier alpha value is -1.30. The van der Waals surface area contributed by atoms with E-state index >= 15 is 0 Å². The minimum absolute atomic E-state index is 0.0530. The molecule has 0 aromatic carbocycles. The Labute approximate surface area is 173 Å². The molecule has 0 amide bonds. The molecule has 1 saturated carbocycles. The fourth-order valence-corrected chi connectivity index (χ4v) is 7.48. The summed E-state index contributed by atoms with van der Waals surface area (Å²) < 4.78 is 7.13. The van der Waals surface area contributed by atoms with Crippen molar-refractivity contribution in [1.82, 2.24) is 9.78 Å². The molecule has 1 aliphatic carbocycles. The number of hydrogen-bond acceptors (Lipinski definition) is 5. The van der Waals surface area contributed by atoms with E-state index in [2.05, 4.69) is 44.6 Å². The van der Waals surface area contributed by atoms with Crippen LogP contribution < -0.4 is 4.74 Å². The molecule has 5 nitrogen and oxygen atoms in total. The molecule has 1 aromatic rings. The highest BCUT2D eigenvalue weighted by atomic mass is 32.2. The van der Waals surface area contributed by atoms with Crippen molar-refractivity contribution >= 4 is 23.5 Å². The summed E-state index contributed by atoms with van der Waals surface area (Å²) in [6, 6.07) is 0. The number of fused-ring (bicyclic) bond motifs is 1. The molecule has 1 saturated heterocycles. The molecule has 3 rings (SSSR count). The van der Waals surface area contributed by atoms with Crippen molar-refractivity contribution in [2.75, 3.05) is 5.75 Å². The lowest BCUT2D eigenvalue weighted by Crippen LogP contribution is -2.51. The summed E-state index contributed by atoms with van der Waals surface area (Å²) in [5.41, 5.74) is 0.709. The fourth-order valence-electron chi connectivity index (χ4n) is 5.30. The average molecular weight is 407 g/mol. The van der Waals surface area contributed by atoms with E-state index in [1.54, 1.807) is 17.8 Å². The minimum atomic E-state index is -0.334. The number of thioether (sulfide) groups is 1. The van der Waals surface area contributed by atoms with Crippen LogP contribution in [-0.4, -0.2) is 32.5 Å². The van der Waals surface area contributed by atoms with Gasteiger partial charge in [-0.15, -0.1) is 0 Å². The van der Waals surface area contributed by atoms with E-state index in [9.17, 15) is 9.59 Å². The lowest BCUT2D eigenvalue weighted by Gasteiger charge is -2.54. The van der Waals surface area contributed by atoms with Crippen LogP contribution in [0.5, 0.6) is 5.88 Å². The highest BCUT2D eigenvalue weighted by Crippen LogP contribution is 2.56. The van der Waals surface area contributed by atoms with Crippen molar-refractivity contribution in [2.24, 2.45) is 29.1 Å². The zero-order valence-electron chi connectivity index (χ0n) is 18.0. The van der Waals surface area contributed by atoms with Crippen molar-refractivity contribution in [3.8, 4) is 5.88 Å². The summed E-state index contributed by atoms with van der Waals surface area (Å²) in [5.74, 6) is 2.55. The third-order valence-corrected chi connectivity index (χ3v) is 8.48. The lowest BCUT2D eigenvalue weighted by molar-refractivity contribution is -0.134. The van der Waals surface area contributed by atoms with Gasteiger partial charge in [0.25, 0.3) is 0 Å². The van der Waals surface area contributed by atoms with Gasteiger partial charge in [0.2, 0.25) is 5.88 Å². The molecule has 0 N–H and O–H groups in total. The minimum Gasteiger partial charge on any atom is -0.407 e. The van der Waals surface area contributed by atoms with Crippen LogP contribution in [-0.2, 0) is 11.3 Å². The molecule has 0 radical (unpaired) electrons. The van der Waals surface area contributed by atoms with Crippen LogP contribution in [0.25, 0.3) is 0 Å². The Morgan fingerprint density at radius 1 is 1.32 bits per heavy atom. The quantitative estimate of drug-likeness (QED) is 0.517. The van der Waals surface area contributed by atoms with E-state index in [0.717, 1.165) is 6.42 Å². The van der Waals surface area contributed by atoms with Gasteiger partial charge in [0, 0.05) is 24.1 Å². The van der Waals surface area contributed by atoms with Crippen molar-refractivity contribution in [1.29, 1.82) is 0 Å². The number of hydrogen-bond donors (Lipinski definition) is 0. The number of rotatable bonds is 5. The molecule has 0 spiro atoms. The Balaban J connectivity index is 1.92. The van der Waals surface area contributed by atoms with Crippen LogP contribution in [0.4, 0.5) is 0 Å². The van der Waals surface area contributed by atoms with E-state index in [4.69, 9.17) is 4.74 Å². The third-order valence-electron chi connectivity index (χ3n) is 6.89. The van der Waals surface area contributed by atoms with Gasteiger partial charge in [-0.3, -0.25) is 9.59 Å². The highest BCUT2D eigenvalue weighted by molar-refractivity contribution is 8.00. The maximum Gasteiger partial charge on any atom is 0.312 e. The summed E-state index contributed by atoms with van der Waals surface area (Å²) in [6.07, 6.45) is 3.95. The van der Waals surface area contributed by atoms with Gasteiger partial charge in [0.15, 0.2) is 5.78 Å². The molecule has 2 heterocycles.